The zero-order valence-corrected chi connectivity index (χ0v) is 12.5. The first kappa shape index (κ1) is 14.4. The van der Waals surface area contributed by atoms with Crippen LogP contribution in [0.1, 0.15) is 12.8 Å². The number of nitrogens with one attached hydrogen (secondary N) is 1. The van der Waals surface area contributed by atoms with E-state index in [1.54, 1.807) is 4.90 Å². The average molecular weight is 306 g/mol. The highest BCUT2D eigenvalue weighted by atomic mass is 32.2. The van der Waals surface area contributed by atoms with Crippen molar-refractivity contribution in [1.82, 2.24) is 5.32 Å². The molecule has 2 aliphatic heterocycles. The molecule has 0 aliphatic carbocycles. The van der Waals surface area contributed by atoms with Crippen molar-refractivity contribution in [2.45, 2.75) is 23.8 Å². The number of carbonyl (C=O) groups is 2. The molecule has 0 saturated carbocycles. The van der Waals surface area contributed by atoms with Gasteiger partial charge in [-0.2, -0.15) is 0 Å². The molecule has 112 valence electrons. The average Bonchev–Trinajstić information content (AvgIpc) is 3.01. The number of rotatable bonds is 4. The summed E-state index contributed by atoms with van der Waals surface area (Å²) in [7, 11) is 0. The van der Waals surface area contributed by atoms with Crippen LogP contribution in [-0.4, -0.2) is 43.4 Å². The molecule has 0 unspecified atom stereocenters. The fraction of sp³-hybridized carbons (Fsp3) is 0.467. The molecule has 1 N–H and O–H groups in total. The van der Waals surface area contributed by atoms with Crippen molar-refractivity contribution in [3.8, 4) is 0 Å². The minimum absolute atomic E-state index is 0.0223. The van der Waals surface area contributed by atoms with Crippen molar-refractivity contribution >= 4 is 29.3 Å². The largest absolute Gasteiger partial charge is 0.376 e. The van der Waals surface area contributed by atoms with Gasteiger partial charge in [-0.15, -0.1) is 11.8 Å². The van der Waals surface area contributed by atoms with Crippen LogP contribution in [0.5, 0.6) is 0 Å². The summed E-state index contributed by atoms with van der Waals surface area (Å²) in [5.41, 5.74) is 0.825. The minimum atomic E-state index is -0.138. The van der Waals surface area contributed by atoms with Crippen LogP contribution in [0.25, 0.3) is 0 Å². The fourth-order valence-electron chi connectivity index (χ4n) is 2.56. The third-order valence-corrected chi connectivity index (χ3v) is 4.71. The zero-order chi connectivity index (χ0) is 14.7. The maximum atomic E-state index is 12.1. The summed E-state index contributed by atoms with van der Waals surface area (Å²) in [4.78, 5) is 26.7. The van der Waals surface area contributed by atoms with E-state index in [9.17, 15) is 9.59 Å². The van der Waals surface area contributed by atoms with E-state index in [0.29, 0.717) is 12.3 Å². The van der Waals surface area contributed by atoms with Gasteiger partial charge in [-0.05, 0) is 25.0 Å². The summed E-state index contributed by atoms with van der Waals surface area (Å²) in [5, 5.41) is 2.86. The quantitative estimate of drug-likeness (QED) is 0.914. The van der Waals surface area contributed by atoms with Gasteiger partial charge in [-0.25, -0.2) is 0 Å². The molecule has 0 aromatic heterocycles. The van der Waals surface area contributed by atoms with E-state index >= 15 is 0 Å². The number of hydrogen-bond donors (Lipinski definition) is 1. The van der Waals surface area contributed by atoms with Crippen LogP contribution < -0.4 is 10.2 Å². The van der Waals surface area contributed by atoms with Crippen LogP contribution in [0.3, 0.4) is 0 Å². The molecule has 21 heavy (non-hydrogen) atoms. The van der Waals surface area contributed by atoms with Crippen LogP contribution in [0.4, 0.5) is 5.69 Å². The van der Waals surface area contributed by atoms with Crippen molar-refractivity contribution in [3.05, 3.63) is 24.3 Å². The van der Waals surface area contributed by atoms with E-state index in [2.05, 4.69) is 5.32 Å². The lowest BCUT2D eigenvalue weighted by atomic mass is 10.2. The Kier molecular flexibility index (Phi) is 4.45. The summed E-state index contributed by atoms with van der Waals surface area (Å²) in [6.07, 6.45) is 2.16. The molecular weight excluding hydrogens is 288 g/mol. The highest BCUT2D eigenvalue weighted by Gasteiger charge is 2.26. The number of anilines is 1. The number of fused-ring (bicyclic) bond motifs is 1. The maximum absolute atomic E-state index is 12.1. The van der Waals surface area contributed by atoms with Gasteiger partial charge in [0.15, 0.2) is 0 Å². The second-order valence-electron chi connectivity index (χ2n) is 5.18. The number of amides is 2. The van der Waals surface area contributed by atoms with Gasteiger partial charge in [0.1, 0.15) is 6.54 Å². The minimum Gasteiger partial charge on any atom is -0.376 e. The molecule has 0 radical (unpaired) electrons. The molecular formula is C15H18N2O3S. The first-order chi connectivity index (χ1) is 10.2. The standard InChI is InChI=1S/C15H18N2O3S/c18-14(16-8-11-4-3-7-20-11)9-17-12-5-1-2-6-13(12)21-10-15(17)19/h1-2,5-6,11H,3-4,7-10H2,(H,16,18)/t11-/m1/s1. The van der Waals surface area contributed by atoms with Crippen molar-refractivity contribution in [3.63, 3.8) is 0 Å². The maximum Gasteiger partial charge on any atom is 0.240 e. The summed E-state index contributed by atoms with van der Waals surface area (Å²) in [6.45, 7) is 1.37. The van der Waals surface area contributed by atoms with Crippen LogP contribution in [0, 0.1) is 0 Å². The molecule has 2 heterocycles. The number of para-hydroxylation sites is 1. The molecule has 2 aliphatic rings. The van der Waals surface area contributed by atoms with Crippen LogP contribution in [0.15, 0.2) is 29.2 Å². The van der Waals surface area contributed by atoms with Gasteiger partial charge in [0.25, 0.3) is 0 Å². The Balaban J connectivity index is 1.60. The molecule has 1 saturated heterocycles. The molecule has 0 bridgehead atoms. The van der Waals surface area contributed by atoms with Crippen molar-refractivity contribution in [2.75, 3.05) is 30.3 Å². The number of hydrogen-bond acceptors (Lipinski definition) is 4. The Hall–Kier alpha value is -1.53. The van der Waals surface area contributed by atoms with E-state index < -0.39 is 0 Å². The summed E-state index contributed by atoms with van der Waals surface area (Å²) in [5.74, 6) is 0.224. The highest BCUT2D eigenvalue weighted by molar-refractivity contribution is 8.00. The van der Waals surface area contributed by atoms with E-state index in [1.165, 1.54) is 11.8 Å². The smallest absolute Gasteiger partial charge is 0.240 e. The lowest BCUT2D eigenvalue weighted by Crippen LogP contribution is -2.44. The summed E-state index contributed by atoms with van der Waals surface area (Å²) in [6, 6.07) is 7.68. The van der Waals surface area contributed by atoms with Gasteiger partial charge in [0.05, 0.1) is 17.5 Å². The number of nitrogens with zero attached hydrogens (tertiary/aromatic N) is 1. The number of benzene rings is 1. The second kappa shape index (κ2) is 6.49. The zero-order valence-electron chi connectivity index (χ0n) is 11.7. The molecule has 1 fully saturated rings. The van der Waals surface area contributed by atoms with Gasteiger partial charge < -0.3 is 15.0 Å². The SMILES string of the molecule is O=C(CN1C(=O)CSc2ccccc21)NC[C@H]1CCCO1. The first-order valence-electron chi connectivity index (χ1n) is 7.14. The molecule has 0 spiro atoms. The molecule has 2 amide bonds. The van der Waals surface area contributed by atoms with Crippen molar-refractivity contribution in [1.29, 1.82) is 0 Å². The molecule has 6 heteroatoms. The van der Waals surface area contributed by atoms with Gasteiger partial charge in [-0.1, -0.05) is 12.1 Å². The third-order valence-electron chi connectivity index (χ3n) is 3.66. The molecule has 5 nitrogen and oxygen atoms in total. The Morgan fingerprint density at radius 2 is 2.29 bits per heavy atom. The molecule has 1 atom stereocenters. The highest BCUT2D eigenvalue weighted by Crippen LogP contribution is 2.34. The Morgan fingerprint density at radius 1 is 1.43 bits per heavy atom. The summed E-state index contributed by atoms with van der Waals surface area (Å²) < 4.78 is 5.47. The van der Waals surface area contributed by atoms with Gasteiger partial charge in [0.2, 0.25) is 11.8 Å². The van der Waals surface area contributed by atoms with Crippen molar-refractivity contribution < 1.29 is 14.3 Å². The molecule has 3 rings (SSSR count). The van der Waals surface area contributed by atoms with Crippen LogP contribution >= 0.6 is 11.8 Å². The normalized spacial score (nSPS) is 21.2. The van der Waals surface area contributed by atoms with Crippen molar-refractivity contribution in [2.24, 2.45) is 0 Å². The van der Waals surface area contributed by atoms with E-state index in [0.717, 1.165) is 30.0 Å². The third kappa shape index (κ3) is 3.39. The topological polar surface area (TPSA) is 58.6 Å². The van der Waals surface area contributed by atoms with Crippen LogP contribution in [-0.2, 0) is 14.3 Å². The van der Waals surface area contributed by atoms with Gasteiger partial charge in [0, 0.05) is 18.0 Å². The predicted octanol–water partition coefficient (Wildman–Crippen LogP) is 1.42. The fourth-order valence-corrected chi connectivity index (χ4v) is 3.50. The van der Waals surface area contributed by atoms with Gasteiger partial charge in [-0.3, -0.25) is 9.59 Å². The van der Waals surface area contributed by atoms with E-state index in [1.807, 2.05) is 24.3 Å². The lowest BCUT2D eigenvalue weighted by molar-refractivity contribution is -0.123. The Bertz CT molecular complexity index is 543. The number of thioether (sulfide) groups is 1. The van der Waals surface area contributed by atoms with E-state index in [4.69, 9.17) is 4.74 Å². The monoisotopic (exact) mass is 306 g/mol. The molecule has 1 aromatic rings. The lowest BCUT2D eigenvalue weighted by Gasteiger charge is -2.28. The van der Waals surface area contributed by atoms with Gasteiger partial charge >= 0.3 is 0 Å². The second-order valence-corrected chi connectivity index (χ2v) is 6.19. The summed E-state index contributed by atoms with van der Waals surface area (Å²) >= 11 is 1.52. The number of carbonyl (C=O) groups excluding carboxylic acids is 2. The Labute approximate surface area is 128 Å². The molecule has 1 aromatic carbocycles. The van der Waals surface area contributed by atoms with E-state index in [-0.39, 0.29) is 24.5 Å². The predicted molar refractivity (Wildman–Crippen MR) is 81.5 cm³/mol. The Morgan fingerprint density at radius 3 is 3.10 bits per heavy atom. The number of ether oxygens (including phenoxy) is 1. The first-order valence-corrected chi connectivity index (χ1v) is 8.13. The van der Waals surface area contributed by atoms with Crippen LogP contribution in [0.2, 0.25) is 0 Å².